The van der Waals surface area contributed by atoms with E-state index in [1.54, 1.807) is 36.6 Å². The maximum Gasteiger partial charge on any atom is 0.262 e. The lowest BCUT2D eigenvalue weighted by Crippen LogP contribution is -2.32. The molecule has 1 unspecified atom stereocenters. The molecule has 1 aliphatic heterocycles. The molecule has 2 amide bonds. The Morgan fingerprint density at radius 3 is 2.60 bits per heavy atom. The van der Waals surface area contributed by atoms with E-state index in [0.717, 1.165) is 29.5 Å². The zero-order valence-corrected chi connectivity index (χ0v) is 18.9. The molecule has 1 saturated carbocycles. The van der Waals surface area contributed by atoms with Gasteiger partial charge in [-0.3, -0.25) is 9.59 Å². The average Bonchev–Trinajstić information content (AvgIpc) is 3.28. The van der Waals surface area contributed by atoms with Crippen LogP contribution in [0.4, 0.5) is 5.69 Å². The zero-order valence-electron chi connectivity index (χ0n) is 18.9. The Morgan fingerprint density at radius 1 is 1.03 bits per heavy atom. The minimum absolute atomic E-state index is 0.0434. The Kier molecular flexibility index (Phi) is 5.33. The number of benzene rings is 2. The molecular weight excluding hydrogens is 444 g/mol. The Balaban J connectivity index is 1.17. The van der Waals surface area contributed by atoms with Crippen LogP contribution in [0.15, 0.2) is 86.9 Å². The number of anilines is 1. The summed E-state index contributed by atoms with van der Waals surface area (Å²) < 4.78 is 11.6. The van der Waals surface area contributed by atoms with E-state index < -0.39 is 0 Å². The van der Waals surface area contributed by atoms with Gasteiger partial charge in [0.05, 0.1) is 12.8 Å². The highest BCUT2D eigenvalue weighted by Gasteiger charge is 2.35. The van der Waals surface area contributed by atoms with Crippen molar-refractivity contribution in [3.8, 4) is 0 Å². The van der Waals surface area contributed by atoms with Gasteiger partial charge < -0.3 is 19.5 Å². The van der Waals surface area contributed by atoms with Gasteiger partial charge in [-0.25, -0.2) is 5.01 Å². The molecule has 1 atom stereocenters. The topological polar surface area (TPSA) is 100 Å². The van der Waals surface area contributed by atoms with Crippen LogP contribution in [0.5, 0.6) is 0 Å². The van der Waals surface area contributed by atoms with E-state index in [0.29, 0.717) is 35.3 Å². The molecule has 0 spiro atoms. The fourth-order valence-electron chi connectivity index (χ4n) is 4.21. The Hall–Kier alpha value is -4.33. The van der Waals surface area contributed by atoms with Crippen LogP contribution in [-0.4, -0.2) is 35.1 Å². The maximum atomic E-state index is 13.2. The van der Waals surface area contributed by atoms with Crippen molar-refractivity contribution in [2.24, 2.45) is 5.10 Å². The molecule has 6 rings (SSSR count). The molecule has 0 radical (unpaired) electrons. The summed E-state index contributed by atoms with van der Waals surface area (Å²) in [5.41, 5.74) is 2.82. The van der Waals surface area contributed by atoms with E-state index in [2.05, 4.69) is 15.7 Å². The molecule has 2 aromatic carbocycles. The first-order valence-corrected chi connectivity index (χ1v) is 11.7. The van der Waals surface area contributed by atoms with Crippen molar-refractivity contribution in [1.82, 2.24) is 10.3 Å². The van der Waals surface area contributed by atoms with Crippen molar-refractivity contribution in [2.45, 2.75) is 31.3 Å². The highest BCUT2D eigenvalue weighted by molar-refractivity contribution is 6.03. The van der Waals surface area contributed by atoms with E-state index in [1.807, 2.05) is 36.4 Å². The third-order valence-corrected chi connectivity index (χ3v) is 6.25. The van der Waals surface area contributed by atoms with E-state index in [4.69, 9.17) is 8.83 Å². The summed E-state index contributed by atoms with van der Waals surface area (Å²) in [5, 5.41) is 13.2. The summed E-state index contributed by atoms with van der Waals surface area (Å²) in [6.45, 7) is 0.0434. The van der Waals surface area contributed by atoms with E-state index in [-0.39, 0.29) is 24.4 Å². The van der Waals surface area contributed by atoms with Crippen molar-refractivity contribution in [2.75, 3.05) is 11.9 Å². The lowest BCUT2D eigenvalue weighted by Gasteiger charge is -2.20. The minimum atomic E-state index is -0.351. The number of carbonyl (C=O) groups excluding carboxylic acids is 2. The number of rotatable bonds is 7. The first kappa shape index (κ1) is 21.2. The summed E-state index contributed by atoms with van der Waals surface area (Å²) >= 11 is 0. The van der Waals surface area contributed by atoms with Crippen molar-refractivity contribution in [3.05, 3.63) is 90.1 Å². The Labute approximate surface area is 201 Å². The van der Waals surface area contributed by atoms with E-state index >= 15 is 0 Å². The first-order valence-electron chi connectivity index (χ1n) is 11.7. The van der Waals surface area contributed by atoms with Gasteiger partial charge in [0, 0.05) is 29.1 Å². The number of furan rings is 2. The standard InChI is InChI=1S/C27H24N4O4/c32-26(16-28-19-9-7-17(8-10-19)27(33)29-20-11-12-20)31-22(24-6-3-13-34-24)15-21(30-31)25-14-18-4-1-2-5-23(18)35-25/h1-10,13-14,20,22,28H,11-12,15-16H2,(H,29,33). The molecule has 1 aliphatic carbocycles. The number of nitrogens with zero attached hydrogens (tertiary/aromatic N) is 2. The maximum absolute atomic E-state index is 13.2. The molecule has 1 fully saturated rings. The Bertz CT molecular complexity index is 1370. The fraction of sp³-hybridized carbons (Fsp3) is 0.222. The van der Waals surface area contributed by atoms with Crippen LogP contribution in [0.25, 0.3) is 11.0 Å². The van der Waals surface area contributed by atoms with Crippen LogP contribution in [0.2, 0.25) is 0 Å². The van der Waals surface area contributed by atoms with Crippen LogP contribution in [0.1, 0.15) is 47.2 Å². The van der Waals surface area contributed by atoms with Gasteiger partial charge in [0.25, 0.3) is 11.8 Å². The van der Waals surface area contributed by atoms with Crippen molar-refractivity contribution in [1.29, 1.82) is 0 Å². The largest absolute Gasteiger partial charge is 0.467 e. The van der Waals surface area contributed by atoms with E-state index in [9.17, 15) is 9.59 Å². The van der Waals surface area contributed by atoms with Gasteiger partial charge in [-0.15, -0.1) is 0 Å². The van der Waals surface area contributed by atoms with E-state index in [1.165, 1.54) is 5.01 Å². The van der Waals surface area contributed by atoms with Crippen LogP contribution < -0.4 is 10.6 Å². The molecule has 3 heterocycles. The highest BCUT2D eigenvalue weighted by Crippen LogP contribution is 2.34. The molecule has 176 valence electrons. The normalized spacial score (nSPS) is 17.4. The van der Waals surface area contributed by atoms with Crippen LogP contribution in [0, 0.1) is 0 Å². The molecule has 4 aromatic rings. The van der Waals surface area contributed by atoms with Gasteiger partial charge in [0.15, 0.2) is 5.76 Å². The van der Waals surface area contributed by atoms with Crippen molar-refractivity contribution < 1.29 is 18.4 Å². The van der Waals surface area contributed by atoms with Gasteiger partial charge in [-0.05, 0) is 61.4 Å². The number of amides is 2. The molecule has 8 nitrogen and oxygen atoms in total. The van der Waals surface area contributed by atoms with Gasteiger partial charge in [0.1, 0.15) is 23.1 Å². The first-order chi connectivity index (χ1) is 17.1. The molecule has 2 aliphatic rings. The number of nitrogens with one attached hydrogen (secondary N) is 2. The zero-order chi connectivity index (χ0) is 23.8. The lowest BCUT2D eigenvalue weighted by molar-refractivity contribution is -0.131. The number of hydrogen-bond acceptors (Lipinski definition) is 6. The number of hydrazone groups is 1. The quantitative estimate of drug-likeness (QED) is 0.409. The second-order valence-corrected chi connectivity index (χ2v) is 8.85. The second-order valence-electron chi connectivity index (χ2n) is 8.85. The van der Waals surface area contributed by atoms with Gasteiger partial charge in [0.2, 0.25) is 0 Å². The predicted molar refractivity (Wildman–Crippen MR) is 131 cm³/mol. The van der Waals surface area contributed by atoms with Crippen LogP contribution in [-0.2, 0) is 4.79 Å². The lowest BCUT2D eigenvalue weighted by atomic mass is 10.1. The fourth-order valence-corrected chi connectivity index (χ4v) is 4.21. The molecule has 0 bridgehead atoms. The summed E-state index contributed by atoms with van der Waals surface area (Å²) in [6, 6.07) is 20.4. The third kappa shape index (κ3) is 4.42. The molecule has 2 N–H and O–H groups in total. The van der Waals surface area contributed by atoms with Crippen molar-refractivity contribution >= 4 is 34.2 Å². The second kappa shape index (κ2) is 8.79. The summed E-state index contributed by atoms with van der Waals surface area (Å²) in [6.07, 6.45) is 4.17. The Morgan fingerprint density at radius 2 is 1.86 bits per heavy atom. The summed E-state index contributed by atoms with van der Waals surface area (Å²) in [5.74, 6) is 1.04. The number of hydrogen-bond donors (Lipinski definition) is 2. The molecule has 35 heavy (non-hydrogen) atoms. The molecular formula is C27H24N4O4. The number of fused-ring (bicyclic) bond motifs is 1. The molecule has 0 saturated heterocycles. The van der Waals surface area contributed by atoms with Crippen LogP contribution in [0.3, 0.4) is 0 Å². The van der Waals surface area contributed by atoms with Gasteiger partial charge in [-0.2, -0.15) is 5.10 Å². The third-order valence-electron chi connectivity index (χ3n) is 6.25. The highest BCUT2D eigenvalue weighted by atomic mass is 16.3. The predicted octanol–water partition coefficient (Wildman–Crippen LogP) is 4.71. The van der Waals surface area contributed by atoms with Gasteiger partial charge >= 0.3 is 0 Å². The molecule has 2 aromatic heterocycles. The van der Waals surface area contributed by atoms with Crippen molar-refractivity contribution in [3.63, 3.8) is 0 Å². The van der Waals surface area contributed by atoms with Gasteiger partial charge in [-0.1, -0.05) is 18.2 Å². The summed E-state index contributed by atoms with van der Waals surface area (Å²) in [4.78, 5) is 25.4. The average molecular weight is 469 g/mol. The SMILES string of the molecule is O=C(NC1CC1)c1ccc(NCC(=O)N2N=C(c3cc4ccccc4o3)CC2c2ccco2)cc1. The monoisotopic (exact) mass is 468 g/mol. The smallest absolute Gasteiger partial charge is 0.262 e. The number of para-hydroxylation sites is 1. The number of carbonyl (C=O) groups is 2. The molecule has 8 heteroatoms. The summed E-state index contributed by atoms with van der Waals surface area (Å²) in [7, 11) is 0. The minimum Gasteiger partial charge on any atom is -0.467 e. The van der Waals surface area contributed by atoms with Crippen LogP contribution >= 0.6 is 0 Å².